The summed E-state index contributed by atoms with van der Waals surface area (Å²) < 4.78 is 31.7. The van der Waals surface area contributed by atoms with Gasteiger partial charge in [-0.25, -0.2) is 18.3 Å². The first-order chi connectivity index (χ1) is 18.5. The maximum Gasteiger partial charge on any atom is 0.247 e. The van der Waals surface area contributed by atoms with E-state index in [4.69, 9.17) is 5.11 Å². The van der Waals surface area contributed by atoms with Crippen LogP contribution in [-0.4, -0.2) is 69.8 Å². The third-order valence-electron chi connectivity index (χ3n) is 6.45. The molecule has 1 saturated heterocycles. The number of halogens is 2. The number of aliphatic hydroxyl groups is 1. The van der Waals surface area contributed by atoms with Gasteiger partial charge >= 0.3 is 0 Å². The highest BCUT2D eigenvalue weighted by atomic mass is 19.2. The van der Waals surface area contributed by atoms with E-state index >= 15 is 8.78 Å². The summed E-state index contributed by atoms with van der Waals surface area (Å²) in [5.74, 6) is -2.18. The van der Waals surface area contributed by atoms with Crippen LogP contribution in [0, 0.1) is 11.6 Å². The average Bonchev–Trinajstić information content (AvgIpc) is 3.36. The number of anilines is 4. The lowest BCUT2D eigenvalue weighted by atomic mass is 10.1. The fraction of sp³-hybridized carbons (Fsp3) is 0.222. The van der Waals surface area contributed by atoms with Crippen molar-refractivity contribution in [2.45, 2.75) is 0 Å². The zero-order valence-corrected chi connectivity index (χ0v) is 20.6. The standard InChI is InChI=1S/C27H27F2N7O2/c1-2-24(38)31-19-5-3-4-18(16-19)22-8-6-20-17-30-27(33-36(20)22)32-21-7-9-23(26(29)25(21)28)35-12-10-34(11-13-35)14-15-37/h2-9,16-17,37H,1,10-15H2,(H,31,38)(H,32,33). The van der Waals surface area contributed by atoms with Crippen molar-refractivity contribution in [1.29, 1.82) is 0 Å². The van der Waals surface area contributed by atoms with Gasteiger partial charge in [0, 0.05) is 44.0 Å². The van der Waals surface area contributed by atoms with Crippen LogP contribution >= 0.6 is 0 Å². The molecule has 9 nitrogen and oxygen atoms in total. The van der Waals surface area contributed by atoms with Gasteiger partial charge in [-0.3, -0.25) is 9.69 Å². The molecule has 1 amide bonds. The molecule has 1 aliphatic rings. The van der Waals surface area contributed by atoms with Gasteiger partial charge < -0.3 is 20.6 Å². The van der Waals surface area contributed by atoms with Crippen molar-refractivity contribution >= 4 is 34.4 Å². The van der Waals surface area contributed by atoms with Crippen LogP contribution in [0.3, 0.4) is 0 Å². The van der Waals surface area contributed by atoms with E-state index in [9.17, 15) is 4.79 Å². The van der Waals surface area contributed by atoms with Crippen molar-refractivity contribution in [2.24, 2.45) is 0 Å². The minimum atomic E-state index is -1.01. The van der Waals surface area contributed by atoms with Crippen LogP contribution in [0.4, 0.5) is 31.8 Å². The molecule has 0 radical (unpaired) electrons. The van der Waals surface area contributed by atoms with Crippen molar-refractivity contribution < 1.29 is 18.7 Å². The Hall–Kier alpha value is -4.35. The zero-order valence-electron chi connectivity index (χ0n) is 20.6. The second kappa shape index (κ2) is 11.0. The Kier molecular flexibility index (Phi) is 7.29. The molecule has 11 heteroatoms. The van der Waals surface area contributed by atoms with Gasteiger partial charge in [0.15, 0.2) is 11.6 Å². The van der Waals surface area contributed by atoms with Crippen molar-refractivity contribution in [3.05, 3.63) is 79.0 Å². The summed E-state index contributed by atoms with van der Waals surface area (Å²) in [4.78, 5) is 19.8. The summed E-state index contributed by atoms with van der Waals surface area (Å²) in [7, 11) is 0. The Labute approximate surface area is 218 Å². The molecule has 0 bridgehead atoms. The highest BCUT2D eigenvalue weighted by Crippen LogP contribution is 2.30. The normalized spacial score (nSPS) is 14.0. The van der Waals surface area contributed by atoms with Gasteiger partial charge in [0.25, 0.3) is 0 Å². The molecule has 0 aliphatic carbocycles. The lowest BCUT2D eigenvalue weighted by Gasteiger charge is -2.36. The number of nitrogens with zero attached hydrogens (tertiary/aromatic N) is 5. The Morgan fingerprint density at radius 2 is 1.89 bits per heavy atom. The van der Waals surface area contributed by atoms with E-state index in [-0.39, 0.29) is 29.8 Å². The molecule has 0 unspecified atom stereocenters. The van der Waals surface area contributed by atoms with E-state index in [2.05, 4.69) is 32.2 Å². The van der Waals surface area contributed by atoms with Crippen LogP contribution in [-0.2, 0) is 4.79 Å². The summed E-state index contributed by atoms with van der Waals surface area (Å²) in [5, 5.41) is 19.1. The van der Waals surface area contributed by atoms with E-state index in [1.165, 1.54) is 12.1 Å². The maximum atomic E-state index is 15.1. The second-order valence-electron chi connectivity index (χ2n) is 8.85. The zero-order chi connectivity index (χ0) is 26.6. The topological polar surface area (TPSA) is 98.0 Å². The first-order valence-electron chi connectivity index (χ1n) is 12.2. The molecule has 196 valence electrons. The van der Waals surface area contributed by atoms with Crippen molar-refractivity contribution in [3.8, 4) is 11.3 Å². The highest BCUT2D eigenvalue weighted by molar-refractivity contribution is 5.99. The number of benzene rings is 2. The largest absolute Gasteiger partial charge is 0.395 e. The number of hydrogen-bond acceptors (Lipinski definition) is 7. The Morgan fingerprint density at radius 1 is 1.08 bits per heavy atom. The van der Waals surface area contributed by atoms with Crippen molar-refractivity contribution in [3.63, 3.8) is 0 Å². The molecule has 4 aromatic rings. The third-order valence-corrected chi connectivity index (χ3v) is 6.45. The van der Waals surface area contributed by atoms with Gasteiger partial charge in [0.05, 0.1) is 35.4 Å². The quantitative estimate of drug-likeness (QED) is 0.306. The third kappa shape index (κ3) is 5.20. The molecule has 2 aromatic carbocycles. The minimum Gasteiger partial charge on any atom is -0.395 e. The summed E-state index contributed by atoms with van der Waals surface area (Å²) in [6.45, 7) is 6.51. The molecule has 0 atom stereocenters. The number of aromatic nitrogens is 3. The molecule has 38 heavy (non-hydrogen) atoms. The molecular formula is C27H27F2N7O2. The summed E-state index contributed by atoms with van der Waals surface area (Å²) in [6, 6.07) is 14.0. The molecule has 5 rings (SSSR count). The fourth-order valence-corrected chi connectivity index (χ4v) is 4.48. The number of β-amino-alcohol motifs (C(OH)–C–C–N with tert-alkyl or cyclic N) is 1. The van der Waals surface area contributed by atoms with Crippen LogP contribution in [0.5, 0.6) is 0 Å². The number of nitrogens with one attached hydrogen (secondary N) is 2. The number of carbonyl (C=O) groups is 1. The molecule has 0 spiro atoms. The lowest BCUT2D eigenvalue weighted by molar-refractivity contribution is -0.111. The second-order valence-corrected chi connectivity index (χ2v) is 8.85. The first-order valence-corrected chi connectivity index (χ1v) is 12.2. The van der Waals surface area contributed by atoms with E-state index < -0.39 is 11.6 Å². The minimum absolute atomic E-state index is 0.0715. The smallest absolute Gasteiger partial charge is 0.247 e. The van der Waals surface area contributed by atoms with Gasteiger partial charge in [-0.15, -0.1) is 5.10 Å². The Balaban J connectivity index is 1.37. The number of fused-ring (bicyclic) bond motifs is 1. The molecule has 2 aromatic heterocycles. The molecule has 1 aliphatic heterocycles. The Morgan fingerprint density at radius 3 is 2.66 bits per heavy atom. The van der Waals surface area contributed by atoms with E-state index in [1.807, 2.05) is 18.2 Å². The maximum absolute atomic E-state index is 15.1. The van der Waals surface area contributed by atoms with E-state index in [0.717, 1.165) is 11.3 Å². The summed E-state index contributed by atoms with van der Waals surface area (Å²) >= 11 is 0. The van der Waals surface area contributed by atoms with Crippen LogP contribution < -0.4 is 15.5 Å². The van der Waals surface area contributed by atoms with Gasteiger partial charge in [-0.2, -0.15) is 0 Å². The van der Waals surface area contributed by atoms with Crippen LogP contribution in [0.25, 0.3) is 16.8 Å². The van der Waals surface area contributed by atoms with Crippen LogP contribution in [0.15, 0.2) is 67.4 Å². The van der Waals surface area contributed by atoms with Gasteiger partial charge in [0.1, 0.15) is 0 Å². The molecule has 3 heterocycles. The van der Waals surface area contributed by atoms with E-state index in [1.54, 1.807) is 39.9 Å². The van der Waals surface area contributed by atoms with Gasteiger partial charge in [-0.1, -0.05) is 18.7 Å². The Bertz CT molecular complexity index is 1480. The highest BCUT2D eigenvalue weighted by Gasteiger charge is 2.23. The molecule has 1 fully saturated rings. The number of aliphatic hydroxyl groups excluding tert-OH is 1. The van der Waals surface area contributed by atoms with Gasteiger partial charge in [-0.05, 0) is 42.5 Å². The molecule has 3 N–H and O–H groups in total. The summed E-state index contributed by atoms with van der Waals surface area (Å²) in [5.41, 5.74) is 2.94. The average molecular weight is 520 g/mol. The monoisotopic (exact) mass is 519 g/mol. The fourth-order valence-electron chi connectivity index (χ4n) is 4.48. The first kappa shape index (κ1) is 25.3. The van der Waals surface area contributed by atoms with Crippen molar-refractivity contribution in [1.82, 2.24) is 19.5 Å². The number of carbonyl (C=O) groups excluding carboxylic acids is 1. The SMILES string of the molecule is C=CC(=O)Nc1cccc(-c2ccc3cnc(Nc4ccc(N5CCN(CCO)CC5)c(F)c4F)nn23)c1. The number of rotatable bonds is 8. The number of piperazine rings is 1. The number of hydrogen-bond donors (Lipinski definition) is 3. The lowest BCUT2D eigenvalue weighted by Crippen LogP contribution is -2.47. The van der Waals surface area contributed by atoms with Crippen LogP contribution in [0.2, 0.25) is 0 Å². The molecular weight excluding hydrogens is 492 g/mol. The van der Waals surface area contributed by atoms with E-state index in [0.29, 0.717) is 43.9 Å². The van der Waals surface area contributed by atoms with Crippen LogP contribution in [0.1, 0.15) is 0 Å². The predicted molar refractivity (Wildman–Crippen MR) is 143 cm³/mol. The molecule has 0 saturated carbocycles. The summed E-state index contributed by atoms with van der Waals surface area (Å²) in [6.07, 6.45) is 2.77. The number of amides is 1. The van der Waals surface area contributed by atoms with Gasteiger partial charge in [0.2, 0.25) is 11.9 Å². The van der Waals surface area contributed by atoms with Crippen molar-refractivity contribution in [2.75, 3.05) is 54.9 Å². The predicted octanol–water partition coefficient (Wildman–Crippen LogP) is 3.66.